The normalized spacial score (nSPS) is 12.4. The smallest absolute Gasteiger partial charge is 0.243 e. The molecule has 1 aromatic carbocycles. The maximum Gasteiger partial charge on any atom is 0.243 e. The molecule has 1 atom stereocenters. The van der Waals surface area contributed by atoms with Gasteiger partial charge in [-0.25, -0.2) is 13.4 Å². The van der Waals surface area contributed by atoms with E-state index in [0.717, 1.165) is 21.1 Å². The van der Waals surface area contributed by atoms with Gasteiger partial charge in [0.2, 0.25) is 16.0 Å². The van der Waals surface area contributed by atoms with E-state index in [-0.39, 0.29) is 12.4 Å². The second-order valence-corrected chi connectivity index (χ2v) is 11.7. The van der Waals surface area contributed by atoms with Crippen molar-refractivity contribution in [2.75, 3.05) is 18.9 Å². The SMILES string of the molecule is COc1cccc(OC)c1-n1c(NS(=O)(=O)[C@@H](C)Cc2nc(C)c(C)s2)nnc1-c1cncc(C)c1. The van der Waals surface area contributed by atoms with Gasteiger partial charge in [-0.15, -0.1) is 21.5 Å². The first-order valence-electron chi connectivity index (χ1n) is 11.2. The number of hydrogen-bond donors (Lipinski definition) is 1. The maximum absolute atomic E-state index is 13.4. The van der Waals surface area contributed by atoms with Crippen molar-refractivity contribution in [3.05, 3.63) is 57.8 Å². The monoisotopic (exact) mass is 528 g/mol. The molecular weight excluding hydrogens is 500 g/mol. The van der Waals surface area contributed by atoms with Crippen LogP contribution in [0.5, 0.6) is 11.5 Å². The van der Waals surface area contributed by atoms with Crippen molar-refractivity contribution in [3.63, 3.8) is 0 Å². The Labute approximate surface area is 214 Å². The van der Waals surface area contributed by atoms with Crippen LogP contribution in [-0.4, -0.2) is 52.6 Å². The second-order valence-electron chi connectivity index (χ2n) is 8.36. The van der Waals surface area contributed by atoms with Gasteiger partial charge in [-0.1, -0.05) is 6.07 Å². The van der Waals surface area contributed by atoms with Crippen molar-refractivity contribution in [1.82, 2.24) is 24.7 Å². The van der Waals surface area contributed by atoms with Crippen LogP contribution >= 0.6 is 11.3 Å². The third-order valence-electron chi connectivity index (χ3n) is 5.72. The number of nitrogens with one attached hydrogen (secondary N) is 1. The van der Waals surface area contributed by atoms with Crippen molar-refractivity contribution in [1.29, 1.82) is 0 Å². The highest BCUT2D eigenvalue weighted by molar-refractivity contribution is 7.93. The number of sulfonamides is 1. The molecule has 0 radical (unpaired) electrons. The molecule has 0 aliphatic carbocycles. The van der Waals surface area contributed by atoms with E-state index in [1.807, 2.05) is 26.8 Å². The predicted molar refractivity (Wildman–Crippen MR) is 140 cm³/mol. The Morgan fingerprint density at radius 2 is 1.78 bits per heavy atom. The molecule has 3 heterocycles. The Morgan fingerprint density at radius 1 is 1.08 bits per heavy atom. The van der Waals surface area contributed by atoms with Crippen molar-refractivity contribution in [2.24, 2.45) is 0 Å². The van der Waals surface area contributed by atoms with E-state index in [4.69, 9.17) is 9.47 Å². The maximum atomic E-state index is 13.4. The Kier molecular flexibility index (Phi) is 7.27. The van der Waals surface area contributed by atoms with Gasteiger partial charge in [0.05, 0.1) is 30.2 Å². The average Bonchev–Trinajstić information content (AvgIpc) is 3.39. The summed E-state index contributed by atoms with van der Waals surface area (Å²) in [5.41, 5.74) is 2.94. The number of para-hydroxylation sites is 1. The molecule has 0 aliphatic heterocycles. The highest BCUT2D eigenvalue weighted by Gasteiger charge is 2.28. The number of pyridine rings is 1. The molecule has 4 aromatic rings. The first-order valence-corrected chi connectivity index (χ1v) is 13.5. The van der Waals surface area contributed by atoms with E-state index >= 15 is 0 Å². The highest BCUT2D eigenvalue weighted by Crippen LogP contribution is 2.37. The van der Waals surface area contributed by atoms with Crippen molar-refractivity contribution >= 4 is 27.3 Å². The first kappa shape index (κ1) is 25.6. The van der Waals surface area contributed by atoms with Gasteiger partial charge in [-0.3, -0.25) is 14.3 Å². The second kappa shape index (κ2) is 10.2. The number of rotatable bonds is 9. The lowest BCUT2D eigenvalue weighted by molar-refractivity contribution is 0.391. The summed E-state index contributed by atoms with van der Waals surface area (Å²) in [6.45, 7) is 7.44. The molecule has 0 saturated carbocycles. The lowest BCUT2D eigenvalue weighted by atomic mass is 10.2. The largest absolute Gasteiger partial charge is 0.494 e. The molecule has 10 nitrogen and oxygen atoms in total. The predicted octanol–water partition coefficient (Wildman–Crippen LogP) is 4.10. The Balaban J connectivity index is 1.82. The van der Waals surface area contributed by atoms with Crippen LogP contribution < -0.4 is 14.2 Å². The van der Waals surface area contributed by atoms with Crippen LogP contribution in [0.1, 0.15) is 28.1 Å². The van der Waals surface area contributed by atoms with Gasteiger partial charge in [0.25, 0.3) is 0 Å². The van der Waals surface area contributed by atoms with Gasteiger partial charge in [0.1, 0.15) is 17.2 Å². The molecule has 36 heavy (non-hydrogen) atoms. The summed E-state index contributed by atoms with van der Waals surface area (Å²) in [5.74, 6) is 1.30. The molecular formula is C24H28N6O4S2. The zero-order chi connectivity index (χ0) is 26.0. The Morgan fingerprint density at radius 3 is 2.36 bits per heavy atom. The molecule has 0 spiro atoms. The lowest BCUT2D eigenvalue weighted by Crippen LogP contribution is -2.28. The van der Waals surface area contributed by atoms with Crippen LogP contribution in [-0.2, 0) is 16.4 Å². The van der Waals surface area contributed by atoms with Crippen molar-refractivity contribution in [2.45, 2.75) is 39.4 Å². The summed E-state index contributed by atoms with van der Waals surface area (Å²) in [6, 6.07) is 7.18. The van der Waals surface area contributed by atoms with Crippen molar-refractivity contribution in [3.8, 4) is 28.6 Å². The summed E-state index contributed by atoms with van der Waals surface area (Å²) in [5, 5.41) is 8.53. The fourth-order valence-corrected chi connectivity index (χ4v) is 5.82. The molecule has 12 heteroatoms. The van der Waals surface area contributed by atoms with E-state index in [1.165, 1.54) is 25.6 Å². The molecule has 0 bridgehead atoms. The molecule has 0 amide bonds. The van der Waals surface area contributed by atoms with E-state index < -0.39 is 15.3 Å². The lowest BCUT2D eigenvalue weighted by Gasteiger charge is -2.19. The molecule has 4 rings (SSSR count). The summed E-state index contributed by atoms with van der Waals surface area (Å²) in [6.07, 6.45) is 3.64. The first-order chi connectivity index (χ1) is 17.1. The third-order valence-corrected chi connectivity index (χ3v) is 8.51. The fourth-order valence-electron chi connectivity index (χ4n) is 3.69. The number of aryl methyl sites for hydroxylation is 3. The fraction of sp³-hybridized carbons (Fsp3) is 0.333. The van der Waals surface area contributed by atoms with E-state index in [0.29, 0.717) is 28.6 Å². The van der Waals surface area contributed by atoms with Gasteiger partial charge in [0, 0.05) is 29.3 Å². The Hall–Kier alpha value is -3.51. The zero-order valence-electron chi connectivity index (χ0n) is 20.9. The van der Waals surface area contributed by atoms with Crippen LogP contribution in [0, 0.1) is 20.8 Å². The van der Waals surface area contributed by atoms with Crippen LogP contribution in [0.25, 0.3) is 17.1 Å². The number of thiazole rings is 1. The summed E-state index contributed by atoms with van der Waals surface area (Å²) < 4.78 is 42.2. The van der Waals surface area contributed by atoms with E-state index in [1.54, 1.807) is 42.1 Å². The molecule has 0 fully saturated rings. The quantitative estimate of drug-likeness (QED) is 0.345. The number of hydrogen-bond acceptors (Lipinski definition) is 9. The van der Waals surface area contributed by atoms with E-state index in [2.05, 4.69) is 24.9 Å². The Bertz CT molecular complexity index is 1450. The van der Waals surface area contributed by atoms with Gasteiger partial charge in [-0.2, -0.15) is 0 Å². The summed E-state index contributed by atoms with van der Waals surface area (Å²) in [7, 11) is -0.809. The minimum atomic E-state index is -3.87. The van der Waals surface area contributed by atoms with Crippen LogP contribution in [0.4, 0.5) is 5.95 Å². The minimum absolute atomic E-state index is 0.00709. The van der Waals surface area contributed by atoms with Crippen LogP contribution in [0.2, 0.25) is 0 Å². The molecule has 190 valence electrons. The van der Waals surface area contributed by atoms with Crippen molar-refractivity contribution < 1.29 is 17.9 Å². The van der Waals surface area contributed by atoms with Gasteiger partial charge in [0.15, 0.2) is 5.82 Å². The van der Waals surface area contributed by atoms with E-state index in [9.17, 15) is 8.42 Å². The average molecular weight is 529 g/mol. The number of benzene rings is 1. The molecule has 1 N–H and O–H groups in total. The van der Waals surface area contributed by atoms with Gasteiger partial charge < -0.3 is 9.47 Å². The summed E-state index contributed by atoms with van der Waals surface area (Å²) >= 11 is 1.50. The standard InChI is InChI=1S/C24H28N6O4S2/c1-14-10-18(13-25-12-14)23-27-28-24(30(23)22-19(33-5)8-7-9-20(22)34-6)29-36(31,32)15(2)11-21-26-16(3)17(4)35-21/h7-10,12-13,15H,11H2,1-6H3,(H,28,29)/t15-/m0/s1. The van der Waals surface area contributed by atoms with Crippen LogP contribution in [0.15, 0.2) is 36.7 Å². The van der Waals surface area contributed by atoms with Crippen LogP contribution in [0.3, 0.4) is 0 Å². The molecule has 0 aliphatic rings. The van der Waals surface area contributed by atoms with Gasteiger partial charge in [-0.05, 0) is 51.5 Å². The molecule has 3 aromatic heterocycles. The number of ether oxygens (including phenoxy) is 2. The third kappa shape index (κ3) is 5.05. The molecule has 0 saturated heterocycles. The highest BCUT2D eigenvalue weighted by atomic mass is 32.2. The number of aromatic nitrogens is 5. The topological polar surface area (TPSA) is 121 Å². The number of nitrogens with zero attached hydrogens (tertiary/aromatic N) is 5. The minimum Gasteiger partial charge on any atom is -0.494 e. The number of anilines is 1. The number of methoxy groups -OCH3 is 2. The van der Waals surface area contributed by atoms with Gasteiger partial charge >= 0.3 is 0 Å². The zero-order valence-corrected chi connectivity index (χ0v) is 22.6. The molecule has 0 unspecified atom stereocenters. The summed E-state index contributed by atoms with van der Waals surface area (Å²) in [4.78, 5) is 9.82.